The van der Waals surface area contributed by atoms with Gasteiger partial charge in [-0.15, -0.1) is 0 Å². The highest BCUT2D eigenvalue weighted by molar-refractivity contribution is 7.89. The molecule has 0 amide bonds. The Morgan fingerprint density at radius 1 is 1.33 bits per heavy atom. The largest absolute Gasteiger partial charge is 0.377 e. The molecular formula is C12H24N2O3S. The number of hydrogen-bond acceptors (Lipinski definition) is 4. The Hall–Kier alpha value is -0.170. The molecule has 0 aliphatic carbocycles. The second-order valence-electron chi connectivity index (χ2n) is 5.17. The van der Waals surface area contributed by atoms with Crippen molar-refractivity contribution in [3.8, 4) is 0 Å². The lowest BCUT2D eigenvalue weighted by Crippen LogP contribution is -2.49. The van der Waals surface area contributed by atoms with E-state index in [0.717, 1.165) is 32.2 Å². The Bertz CT molecular complexity index is 350. The molecule has 0 bridgehead atoms. The third-order valence-corrected chi connectivity index (χ3v) is 5.60. The maximum atomic E-state index is 12.3. The van der Waals surface area contributed by atoms with Gasteiger partial charge in [0.25, 0.3) is 0 Å². The van der Waals surface area contributed by atoms with E-state index < -0.39 is 10.0 Å². The first-order valence-electron chi connectivity index (χ1n) is 6.94. The van der Waals surface area contributed by atoms with Gasteiger partial charge in [0, 0.05) is 25.7 Å². The average molecular weight is 276 g/mol. The summed E-state index contributed by atoms with van der Waals surface area (Å²) in [6.45, 7) is 4.93. The van der Waals surface area contributed by atoms with Gasteiger partial charge in [-0.05, 0) is 32.2 Å². The molecule has 2 aliphatic heterocycles. The number of sulfonamides is 1. The van der Waals surface area contributed by atoms with Crippen LogP contribution in [0.5, 0.6) is 0 Å². The highest BCUT2D eigenvalue weighted by Gasteiger charge is 2.31. The van der Waals surface area contributed by atoms with Gasteiger partial charge in [0.15, 0.2) is 0 Å². The predicted octanol–water partition coefficient (Wildman–Crippen LogP) is 0.569. The van der Waals surface area contributed by atoms with Crippen LogP contribution in [0.4, 0.5) is 0 Å². The minimum atomic E-state index is -3.15. The molecular weight excluding hydrogens is 252 g/mol. The van der Waals surface area contributed by atoms with Crippen LogP contribution in [-0.4, -0.2) is 56.9 Å². The molecule has 0 aromatic rings. The summed E-state index contributed by atoms with van der Waals surface area (Å²) in [5, 5.41) is 3.34. The molecule has 2 rings (SSSR count). The van der Waals surface area contributed by atoms with Gasteiger partial charge < -0.3 is 10.1 Å². The summed E-state index contributed by atoms with van der Waals surface area (Å²) >= 11 is 0. The van der Waals surface area contributed by atoms with Crippen LogP contribution < -0.4 is 5.32 Å². The van der Waals surface area contributed by atoms with Crippen molar-refractivity contribution in [1.29, 1.82) is 0 Å². The number of nitrogens with one attached hydrogen (secondary N) is 1. The van der Waals surface area contributed by atoms with E-state index in [2.05, 4.69) is 12.2 Å². The molecule has 2 aliphatic rings. The van der Waals surface area contributed by atoms with Crippen LogP contribution in [0.1, 0.15) is 32.6 Å². The van der Waals surface area contributed by atoms with Gasteiger partial charge in [-0.2, -0.15) is 0 Å². The van der Waals surface area contributed by atoms with Crippen molar-refractivity contribution >= 4 is 10.0 Å². The maximum Gasteiger partial charge on any atom is 0.216 e. The van der Waals surface area contributed by atoms with Crippen molar-refractivity contribution in [2.75, 3.05) is 32.0 Å². The zero-order valence-corrected chi connectivity index (χ0v) is 11.9. The zero-order valence-electron chi connectivity index (χ0n) is 11.1. The molecule has 2 fully saturated rings. The third-order valence-electron chi connectivity index (χ3n) is 3.69. The van der Waals surface area contributed by atoms with Crippen LogP contribution in [0.3, 0.4) is 0 Å². The first-order chi connectivity index (χ1) is 8.62. The van der Waals surface area contributed by atoms with E-state index in [0.29, 0.717) is 25.7 Å². The molecule has 18 heavy (non-hydrogen) atoms. The summed E-state index contributed by atoms with van der Waals surface area (Å²) in [5.74, 6) is 0.159. The summed E-state index contributed by atoms with van der Waals surface area (Å²) < 4.78 is 31.7. The third kappa shape index (κ3) is 3.66. The lowest BCUT2D eigenvalue weighted by molar-refractivity contribution is 0.126. The fourth-order valence-corrected chi connectivity index (χ4v) is 4.52. The molecule has 2 saturated heterocycles. The Balaban J connectivity index is 1.91. The lowest BCUT2D eigenvalue weighted by atomic mass is 10.1. The number of likely N-dealkylation sites (N-methyl/N-ethyl adjacent to an activating group) is 1. The molecule has 2 heterocycles. The number of hydrogen-bond donors (Lipinski definition) is 1. The summed E-state index contributed by atoms with van der Waals surface area (Å²) in [6, 6.07) is 0.308. The second kappa shape index (κ2) is 6.32. The maximum absolute atomic E-state index is 12.3. The smallest absolute Gasteiger partial charge is 0.216 e. The Labute approximate surface area is 110 Å². The van der Waals surface area contributed by atoms with Crippen LogP contribution >= 0.6 is 0 Å². The molecule has 0 spiro atoms. The first kappa shape index (κ1) is 14.2. The Kier molecular flexibility index (Phi) is 5.00. The van der Waals surface area contributed by atoms with Crippen molar-refractivity contribution in [1.82, 2.24) is 9.62 Å². The van der Waals surface area contributed by atoms with Crippen LogP contribution in [-0.2, 0) is 14.8 Å². The van der Waals surface area contributed by atoms with Crippen molar-refractivity contribution in [2.24, 2.45) is 0 Å². The molecule has 0 saturated carbocycles. The van der Waals surface area contributed by atoms with E-state index in [1.807, 2.05) is 0 Å². The Morgan fingerprint density at radius 2 is 2.17 bits per heavy atom. The van der Waals surface area contributed by atoms with E-state index >= 15 is 0 Å². The monoisotopic (exact) mass is 276 g/mol. The van der Waals surface area contributed by atoms with Crippen LogP contribution in [0.2, 0.25) is 0 Å². The fourth-order valence-electron chi connectivity index (χ4n) is 2.77. The molecule has 0 radical (unpaired) electrons. The molecule has 2 atom stereocenters. The van der Waals surface area contributed by atoms with Gasteiger partial charge in [-0.1, -0.05) is 6.92 Å². The highest BCUT2D eigenvalue weighted by Crippen LogP contribution is 2.19. The zero-order chi connectivity index (χ0) is 13.0. The SMILES string of the molecule is CCNC1CCCN(S(=O)(=O)CC2CCCO2)C1. The quantitative estimate of drug-likeness (QED) is 0.797. The van der Waals surface area contributed by atoms with Crippen LogP contribution in [0, 0.1) is 0 Å². The number of nitrogens with zero attached hydrogens (tertiary/aromatic N) is 1. The molecule has 6 heteroatoms. The van der Waals surface area contributed by atoms with Crippen molar-refractivity contribution in [3.63, 3.8) is 0 Å². The van der Waals surface area contributed by atoms with Gasteiger partial charge in [0.1, 0.15) is 0 Å². The molecule has 2 unspecified atom stereocenters. The van der Waals surface area contributed by atoms with E-state index in [1.54, 1.807) is 4.31 Å². The van der Waals surface area contributed by atoms with Crippen molar-refractivity contribution in [2.45, 2.75) is 44.8 Å². The Morgan fingerprint density at radius 3 is 2.83 bits per heavy atom. The first-order valence-corrected chi connectivity index (χ1v) is 8.55. The summed E-state index contributed by atoms with van der Waals surface area (Å²) in [4.78, 5) is 0. The van der Waals surface area contributed by atoms with E-state index in [-0.39, 0.29) is 11.9 Å². The van der Waals surface area contributed by atoms with Gasteiger partial charge in [-0.3, -0.25) is 0 Å². The highest BCUT2D eigenvalue weighted by atomic mass is 32.2. The summed E-state index contributed by atoms with van der Waals surface area (Å²) in [5.41, 5.74) is 0. The lowest BCUT2D eigenvalue weighted by Gasteiger charge is -2.32. The summed E-state index contributed by atoms with van der Waals surface area (Å²) in [6.07, 6.45) is 3.79. The molecule has 106 valence electrons. The molecule has 1 N–H and O–H groups in total. The van der Waals surface area contributed by atoms with Gasteiger partial charge in [-0.25, -0.2) is 12.7 Å². The minimum Gasteiger partial charge on any atom is -0.377 e. The van der Waals surface area contributed by atoms with Crippen LogP contribution in [0.15, 0.2) is 0 Å². The molecule has 0 aromatic carbocycles. The van der Waals surface area contributed by atoms with Gasteiger partial charge in [0.05, 0.1) is 11.9 Å². The van der Waals surface area contributed by atoms with Crippen LogP contribution in [0.25, 0.3) is 0 Å². The van der Waals surface area contributed by atoms with Crippen molar-refractivity contribution < 1.29 is 13.2 Å². The topological polar surface area (TPSA) is 58.6 Å². The second-order valence-corrected chi connectivity index (χ2v) is 7.18. The molecule has 0 aromatic heterocycles. The van der Waals surface area contributed by atoms with E-state index in [9.17, 15) is 8.42 Å². The number of ether oxygens (including phenoxy) is 1. The van der Waals surface area contributed by atoms with Crippen molar-refractivity contribution in [3.05, 3.63) is 0 Å². The van der Waals surface area contributed by atoms with E-state index in [4.69, 9.17) is 4.74 Å². The molecule has 5 nitrogen and oxygen atoms in total. The minimum absolute atomic E-state index is 0.0884. The predicted molar refractivity (Wildman–Crippen MR) is 71.0 cm³/mol. The van der Waals surface area contributed by atoms with Gasteiger partial charge in [0.2, 0.25) is 10.0 Å². The van der Waals surface area contributed by atoms with Gasteiger partial charge >= 0.3 is 0 Å². The normalized spacial score (nSPS) is 30.7. The number of rotatable bonds is 5. The van der Waals surface area contributed by atoms with E-state index in [1.165, 1.54) is 0 Å². The standard InChI is InChI=1S/C12H24N2O3S/c1-2-13-11-5-3-7-14(9-11)18(15,16)10-12-6-4-8-17-12/h11-13H,2-10H2,1H3. The fraction of sp³-hybridized carbons (Fsp3) is 1.00. The average Bonchev–Trinajstić information content (AvgIpc) is 2.82. The summed E-state index contributed by atoms with van der Waals surface area (Å²) in [7, 11) is -3.15. The number of piperidine rings is 1.